The summed E-state index contributed by atoms with van der Waals surface area (Å²) in [5.41, 5.74) is 6.25. The van der Waals surface area contributed by atoms with Gasteiger partial charge in [-0.05, 0) is 6.07 Å². The number of hydrogen-bond acceptors (Lipinski definition) is 4. The molecule has 19 heavy (non-hydrogen) atoms. The molecule has 1 aliphatic rings. The van der Waals surface area contributed by atoms with Crippen molar-refractivity contribution in [2.45, 2.75) is 6.54 Å². The molecule has 4 nitrogen and oxygen atoms in total. The molecular formula is C14H22FN3O. The van der Waals surface area contributed by atoms with Gasteiger partial charge in [0, 0.05) is 51.4 Å². The van der Waals surface area contributed by atoms with Gasteiger partial charge in [0.1, 0.15) is 0 Å². The fourth-order valence-corrected chi connectivity index (χ4v) is 2.43. The van der Waals surface area contributed by atoms with Crippen molar-refractivity contribution >= 4 is 0 Å². The predicted octanol–water partition coefficient (Wildman–Crippen LogP) is 0.911. The van der Waals surface area contributed by atoms with Crippen molar-refractivity contribution in [2.24, 2.45) is 5.73 Å². The molecule has 5 heteroatoms. The Morgan fingerprint density at radius 2 is 1.89 bits per heavy atom. The van der Waals surface area contributed by atoms with Crippen LogP contribution in [0.3, 0.4) is 0 Å². The van der Waals surface area contributed by atoms with Crippen LogP contribution in [0.15, 0.2) is 18.2 Å². The van der Waals surface area contributed by atoms with E-state index in [0.717, 1.165) is 32.7 Å². The van der Waals surface area contributed by atoms with Crippen molar-refractivity contribution in [1.29, 1.82) is 0 Å². The summed E-state index contributed by atoms with van der Waals surface area (Å²) in [5.74, 6) is 0.0775. The van der Waals surface area contributed by atoms with Crippen molar-refractivity contribution in [3.05, 3.63) is 29.6 Å². The number of piperazine rings is 1. The molecule has 1 heterocycles. The van der Waals surface area contributed by atoms with Crippen molar-refractivity contribution in [3.8, 4) is 5.75 Å². The lowest BCUT2D eigenvalue weighted by atomic mass is 10.1. The van der Waals surface area contributed by atoms with Crippen molar-refractivity contribution in [3.63, 3.8) is 0 Å². The van der Waals surface area contributed by atoms with E-state index in [1.807, 2.05) is 12.1 Å². The molecule has 0 amide bonds. The van der Waals surface area contributed by atoms with Gasteiger partial charge >= 0.3 is 0 Å². The number of methoxy groups -OCH3 is 1. The minimum atomic E-state index is -0.241. The van der Waals surface area contributed by atoms with E-state index in [-0.39, 0.29) is 5.82 Å². The number of nitrogens with two attached hydrogens (primary N) is 1. The third-order valence-electron chi connectivity index (χ3n) is 3.57. The van der Waals surface area contributed by atoms with Crippen LogP contribution >= 0.6 is 0 Å². The van der Waals surface area contributed by atoms with Gasteiger partial charge < -0.3 is 10.5 Å². The SMILES string of the molecule is COc1cccc(CN2CCN(CCN)CC2)c1F. The minimum Gasteiger partial charge on any atom is -0.494 e. The summed E-state index contributed by atoms with van der Waals surface area (Å²) < 4.78 is 19.1. The summed E-state index contributed by atoms with van der Waals surface area (Å²) in [6.45, 7) is 6.20. The first-order valence-electron chi connectivity index (χ1n) is 6.70. The molecule has 0 spiro atoms. The Hall–Kier alpha value is -1.17. The molecule has 0 radical (unpaired) electrons. The van der Waals surface area contributed by atoms with Crippen LogP contribution in [0.5, 0.6) is 5.75 Å². The van der Waals surface area contributed by atoms with E-state index in [1.54, 1.807) is 6.07 Å². The maximum Gasteiger partial charge on any atom is 0.169 e. The van der Waals surface area contributed by atoms with E-state index in [1.165, 1.54) is 7.11 Å². The number of nitrogens with zero attached hydrogens (tertiary/aromatic N) is 2. The molecule has 0 atom stereocenters. The Kier molecular flexibility index (Phi) is 5.13. The van der Waals surface area contributed by atoms with Gasteiger partial charge in [0.05, 0.1) is 7.11 Å². The highest BCUT2D eigenvalue weighted by Crippen LogP contribution is 2.21. The molecule has 0 saturated carbocycles. The third kappa shape index (κ3) is 3.65. The van der Waals surface area contributed by atoms with Crippen LogP contribution in [-0.2, 0) is 6.54 Å². The topological polar surface area (TPSA) is 41.7 Å². The van der Waals surface area contributed by atoms with Crippen molar-refractivity contribution in [1.82, 2.24) is 9.80 Å². The average Bonchev–Trinajstić information content (AvgIpc) is 2.43. The van der Waals surface area contributed by atoms with Crippen LogP contribution in [0.1, 0.15) is 5.56 Å². The first kappa shape index (κ1) is 14.2. The zero-order chi connectivity index (χ0) is 13.7. The fourth-order valence-electron chi connectivity index (χ4n) is 2.43. The highest BCUT2D eigenvalue weighted by atomic mass is 19.1. The zero-order valence-electron chi connectivity index (χ0n) is 11.4. The highest BCUT2D eigenvalue weighted by molar-refractivity contribution is 5.31. The lowest BCUT2D eigenvalue weighted by Crippen LogP contribution is -2.47. The van der Waals surface area contributed by atoms with E-state index in [4.69, 9.17) is 10.5 Å². The predicted molar refractivity (Wildman–Crippen MR) is 73.7 cm³/mol. The van der Waals surface area contributed by atoms with Gasteiger partial charge in [0.2, 0.25) is 0 Å². The van der Waals surface area contributed by atoms with Gasteiger partial charge in [0.25, 0.3) is 0 Å². The van der Waals surface area contributed by atoms with Crippen LogP contribution in [0, 0.1) is 5.82 Å². The minimum absolute atomic E-state index is 0.241. The molecular weight excluding hydrogens is 245 g/mol. The van der Waals surface area contributed by atoms with Gasteiger partial charge in [-0.15, -0.1) is 0 Å². The van der Waals surface area contributed by atoms with E-state index in [2.05, 4.69) is 9.80 Å². The van der Waals surface area contributed by atoms with Gasteiger partial charge in [0.15, 0.2) is 11.6 Å². The highest BCUT2D eigenvalue weighted by Gasteiger charge is 2.18. The van der Waals surface area contributed by atoms with E-state index in [9.17, 15) is 4.39 Å². The van der Waals surface area contributed by atoms with Gasteiger partial charge in [-0.2, -0.15) is 0 Å². The first-order valence-corrected chi connectivity index (χ1v) is 6.70. The maximum absolute atomic E-state index is 14.0. The summed E-state index contributed by atoms with van der Waals surface area (Å²) >= 11 is 0. The summed E-state index contributed by atoms with van der Waals surface area (Å²) in [7, 11) is 1.49. The Balaban J connectivity index is 1.92. The second-order valence-electron chi connectivity index (χ2n) is 4.84. The summed E-state index contributed by atoms with van der Waals surface area (Å²) in [6.07, 6.45) is 0. The van der Waals surface area contributed by atoms with Crippen molar-refractivity contribution in [2.75, 3.05) is 46.4 Å². The van der Waals surface area contributed by atoms with E-state index in [0.29, 0.717) is 24.4 Å². The zero-order valence-corrected chi connectivity index (χ0v) is 11.4. The number of benzene rings is 1. The average molecular weight is 267 g/mol. The fraction of sp³-hybridized carbons (Fsp3) is 0.571. The largest absolute Gasteiger partial charge is 0.494 e. The molecule has 0 bridgehead atoms. The molecule has 1 fully saturated rings. The molecule has 1 saturated heterocycles. The number of hydrogen-bond donors (Lipinski definition) is 1. The Morgan fingerprint density at radius 1 is 1.21 bits per heavy atom. The number of ether oxygens (including phenoxy) is 1. The Bertz CT molecular complexity index is 406. The second kappa shape index (κ2) is 6.84. The molecule has 106 valence electrons. The first-order chi connectivity index (χ1) is 9.24. The molecule has 2 N–H and O–H groups in total. The smallest absolute Gasteiger partial charge is 0.169 e. The van der Waals surface area contributed by atoms with Crippen LogP contribution in [0.2, 0.25) is 0 Å². The molecule has 1 aromatic carbocycles. The molecule has 1 aliphatic heterocycles. The lowest BCUT2D eigenvalue weighted by Gasteiger charge is -2.34. The van der Waals surface area contributed by atoms with E-state index < -0.39 is 0 Å². The van der Waals surface area contributed by atoms with Crippen molar-refractivity contribution < 1.29 is 9.13 Å². The molecule has 0 unspecified atom stereocenters. The monoisotopic (exact) mass is 267 g/mol. The van der Waals surface area contributed by atoms with Gasteiger partial charge in [-0.1, -0.05) is 12.1 Å². The van der Waals surface area contributed by atoms with Crippen LogP contribution in [0.25, 0.3) is 0 Å². The summed E-state index contributed by atoms with van der Waals surface area (Å²) in [6, 6.07) is 5.31. The molecule has 1 aromatic rings. The maximum atomic E-state index is 14.0. The van der Waals surface area contributed by atoms with Crippen LogP contribution in [0.4, 0.5) is 4.39 Å². The van der Waals surface area contributed by atoms with E-state index >= 15 is 0 Å². The number of rotatable bonds is 5. The Labute approximate surface area is 113 Å². The molecule has 0 aliphatic carbocycles. The number of halogens is 1. The lowest BCUT2D eigenvalue weighted by molar-refractivity contribution is 0.128. The second-order valence-corrected chi connectivity index (χ2v) is 4.84. The van der Waals surface area contributed by atoms with Crippen LogP contribution in [-0.4, -0.2) is 56.2 Å². The standard InChI is InChI=1S/C14H22FN3O/c1-19-13-4-2-3-12(14(13)15)11-18-9-7-17(6-5-16)8-10-18/h2-4H,5-11,16H2,1H3. The van der Waals surface area contributed by atoms with Gasteiger partial charge in [-0.25, -0.2) is 4.39 Å². The van der Waals surface area contributed by atoms with Crippen LogP contribution < -0.4 is 10.5 Å². The Morgan fingerprint density at radius 3 is 2.53 bits per heavy atom. The van der Waals surface area contributed by atoms with Gasteiger partial charge in [-0.3, -0.25) is 9.80 Å². The molecule has 0 aromatic heterocycles. The third-order valence-corrected chi connectivity index (χ3v) is 3.57. The summed E-state index contributed by atoms with van der Waals surface area (Å²) in [5, 5.41) is 0. The molecule has 2 rings (SSSR count). The quantitative estimate of drug-likeness (QED) is 0.861. The summed E-state index contributed by atoms with van der Waals surface area (Å²) in [4.78, 5) is 4.61. The normalized spacial score (nSPS) is 17.6.